The fourth-order valence-corrected chi connectivity index (χ4v) is 3.80. The van der Waals surface area contributed by atoms with Crippen molar-refractivity contribution in [2.24, 2.45) is 0 Å². The van der Waals surface area contributed by atoms with Crippen LogP contribution in [0.4, 0.5) is 5.82 Å². The summed E-state index contributed by atoms with van der Waals surface area (Å²) in [5.41, 5.74) is 8.75. The SMILES string of the molecule is CCc1nc2c(N)nc3ccccc3c2n1CCCCNS(=O)(=O)CC. The summed E-state index contributed by atoms with van der Waals surface area (Å²) in [6.45, 7) is 4.92. The Balaban J connectivity index is 1.87. The summed E-state index contributed by atoms with van der Waals surface area (Å²) in [5, 5.41) is 1.04. The summed E-state index contributed by atoms with van der Waals surface area (Å²) in [6.07, 6.45) is 2.41. The zero-order valence-corrected chi connectivity index (χ0v) is 16.0. The first-order valence-corrected chi connectivity index (χ1v) is 10.6. The molecule has 2 heterocycles. The van der Waals surface area contributed by atoms with Crippen LogP contribution in [0.5, 0.6) is 0 Å². The highest BCUT2D eigenvalue weighted by Crippen LogP contribution is 2.29. The van der Waals surface area contributed by atoms with Crippen LogP contribution in [0.2, 0.25) is 0 Å². The molecule has 0 unspecified atom stereocenters. The molecule has 0 saturated heterocycles. The van der Waals surface area contributed by atoms with Gasteiger partial charge >= 0.3 is 0 Å². The van der Waals surface area contributed by atoms with Crippen molar-refractivity contribution in [1.82, 2.24) is 19.3 Å². The van der Waals surface area contributed by atoms with Crippen LogP contribution in [0, 0.1) is 0 Å². The first-order chi connectivity index (χ1) is 12.5. The second kappa shape index (κ2) is 7.59. The highest BCUT2D eigenvalue weighted by Gasteiger charge is 2.16. The van der Waals surface area contributed by atoms with Gasteiger partial charge in [0.1, 0.15) is 11.3 Å². The molecule has 7 nitrogen and oxygen atoms in total. The normalized spacial score (nSPS) is 12.2. The summed E-state index contributed by atoms with van der Waals surface area (Å²) < 4.78 is 27.8. The van der Waals surface area contributed by atoms with Crippen LogP contribution in [0.25, 0.3) is 21.9 Å². The number of pyridine rings is 1. The first-order valence-electron chi connectivity index (χ1n) is 8.97. The van der Waals surface area contributed by atoms with Crippen LogP contribution >= 0.6 is 0 Å². The van der Waals surface area contributed by atoms with E-state index < -0.39 is 10.0 Å². The number of aryl methyl sites for hydroxylation is 2. The summed E-state index contributed by atoms with van der Waals surface area (Å²) in [6, 6.07) is 7.93. The van der Waals surface area contributed by atoms with E-state index in [0.29, 0.717) is 12.4 Å². The molecule has 3 rings (SSSR count). The molecule has 3 aromatic rings. The molecule has 0 atom stereocenters. The van der Waals surface area contributed by atoms with Crippen molar-refractivity contribution >= 4 is 37.8 Å². The summed E-state index contributed by atoms with van der Waals surface area (Å²) >= 11 is 0. The Morgan fingerprint density at radius 1 is 1.15 bits per heavy atom. The number of benzene rings is 1. The number of aromatic nitrogens is 3. The lowest BCUT2D eigenvalue weighted by Crippen LogP contribution is -2.26. The monoisotopic (exact) mass is 375 g/mol. The van der Waals surface area contributed by atoms with Gasteiger partial charge in [0.25, 0.3) is 0 Å². The number of para-hydroxylation sites is 1. The number of rotatable bonds is 8. The number of nitrogen functional groups attached to an aromatic ring is 1. The zero-order chi connectivity index (χ0) is 18.7. The quantitative estimate of drug-likeness (QED) is 0.589. The fourth-order valence-electron chi connectivity index (χ4n) is 3.14. The van der Waals surface area contributed by atoms with Crippen molar-refractivity contribution in [3.05, 3.63) is 30.1 Å². The topological polar surface area (TPSA) is 103 Å². The minimum absolute atomic E-state index is 0.109. The summed E-state index contributed by atoms with van der Waals surface area (Å²) in [5.74, 6) is 1.53. The molecule has 140 valence electrons. The maximum absolute atomic E-state index is 11.5. The van der Waals surface area contributed by atoms with Crippen molar-refractivity contribution in [2.45, 2.75) is 39.7 Å². The third-order valence-electron chi connectivity index (χ3n) is 4.52. The zero-order valence-electron chi connectivity index (χ0n) is 15.2. The van der Waals surface area contributed by atoms with Crippen molar-refractivity contribution in [3.63, 3.8) is 0 Å². The van der Waals surface area contributed by atoms with Crippen molar-refractivity contribution in [3.8, 4) is 0 Å². The molecule has 1 aromatic carbocycles. The number of nitrogens with zero attached hydrogens (tertiary/aromatic N) is 3. The standard InChI is InChI=1S/C18H25N5O2S/c1-3-15-22-16-17(13-9-5-6-10-14(13)21-18(16)19)23(15)12-8-7-11-20-26(24,25)4-2/h5-6,9-10,20H,3-4,7-8,11-12H2,1-2H3,(H2,19,21). The van der Waals surface area contributed by atoms with Gasteiger partial charge in [0, 0.05) is 24.9 Å². The number of imidazole rings is 1. The maximum atomic E-state index is 11.5. The van der Waals surface area contributed by atoms with E-state index in [9.17, 15) is 8.42 Å². The number of anilines is 1. The van der Waals surface area contributed by atoms with E-state index in [1.54, 1.807) is 6.92 Å². The van der Waals surface area contributed by atoms with Crippen LogP contribution in [0.15, 0.2) is 24.3 Å². The Morgan fingerprint density at radius 2 is 1.92 bits per heavy atom. The molecule has 0 fully saturated rings. The molecule has 0 bridgehead atoms. The van der Waals surface area contributed by atoms with Gasteiger partial charge < -0.3 is 10.3 Å². The highest BCUT2D eigenvalue weighted by molar-refractivity contribution is 7.89. The van der Waals surface area contributed by atoms with Crippen LogP contribution < -0.4 is 10.5 Å². The molecule has 0 saturated carbocycles. The third-order valence-corrected chi connectivity index (χ3v) is 5.92. The van der Waals surface area contributed by atoms with Gasteiger partial charge in [-0.05, 0) is 25.8 Å². The van der Waals surface area contributed by atoms with Crippen LogP contribution in [0.3, 0.4) is 0 Å². The van der Waals surface area contributed by atoms with E-state index in [2.05, 4.69) is 21.2 Å². The Bertz CT molecular complexity index is 1030. The molecule has 0 radical (unpaired) electrons. The third kappa shape index (κ3) is 3.66. The molecule has 0 aliphatic carbocycles. The second-order valence-electron chi connectivity index (χ2n) is 6.25. The van der Waals surface area contributed by atoms with Gasteiger partial charge in [-0.3, -0.25) is 0 Å². The Hall–Kier alpha value is -2.19. The molecule has 0 spiro atoms. The van der Waals surface area contributed by atoms with Crippen LogP contribution in [-0.4, -0.2) is 35.3 Å². The lowest BCUT2D eigenvalue weighted by atomic mass is 10.2. The maximum Gasteiger partial charge on any atom is 0.211 e. The molecule has 2 aromatic heterocycles. The molecule has 8 heteroatoms. The van der Waals surface area contributed by atoms with E-state index in [0.717, 1.165) is 53.6 Å². The van der Waals surface area contributed by atoms with Gasteiger partial charge in [-0.25, -0.2) is 23.1 Å². The van der Waals surface area contributed by atoms with Gasteiger partial charge in [0.15, 0.2) is 5.82 Å². The lowest BCUT2D eigenvalue weighted by Gasteiger charge is -2.10. The predicted octanol–water partition coefficient (Wildman–Crippen LogP) is 2.45. The Labute approximate surface area is 153 Å². The van der Waals surface area contributed by atoms with Crippen LogP contribution in [0.1, 0.15) is 32.5 Å². The largest absolute Gasteiger partial charge is 0.382 e. The molecule has 0 aliphatic rings. The van der Waals surface area contributed by atoms with Crippen molar-refractivity contribution in [2.75, 3.05) is 18.0 Å². The average molecular weight is 375 g/mol. The fraction of sp³-hybridized carbons (Fsp3) is 0.444. The van der Waals surface area contributed by atoms with Gasteiger partial charge in [-0.1, -0.05) is 25.1 Å². The lowest BCUT2D eigenvalue weighted by molar-refractivity contribution is 0.565. The number of fused-ring (bicyclic) bond motifs is 3. The molecular formula is C18H25N5O2S. The highest BCUT2D eigenvalue weighted by atomic mass is 32.2. The molecular weight excluding hydrogens is 350 g/mol. The first kappa shape index (κ1) is 18.6. The van der Waals surface area contributed by atoms with Gasteiger partial charge in [0.2, 0.25) is 10.0 Å². The van der Waals surface area contributed by atoms with Crippen LogP contribution in [-0.2, 0) is 23.0 Å². The molecule has 0 aliphatic heterocycles. The number of nitrogens with two attached hydrogens (primary N) is 1. The summed E-state index contributed by atoms with van der Waals surface area (Å²) in [4.78, 5) is 9.16. The number of unbranched alkanes of at least 4 members (excludes halogenated alkanes) is 1. The van der Waals surface area contributed by atoms with Crippen molar-refractivity contribution in [1.29, 1.82) is 0 Å². The number of sulfonamides is 1. The average Bonchev–Trinajstić information content (AvgIpc) is 3.01. The number of nitrogens with one attached hydrogen (secondary N) is 1. The summed E-state index contributed by atoms with van der Waals surface area (Å²) in [7, 11) is -3.13. The number of hydrogen-bond acceptors (Lipinski definition) is 5. The molecule has 3 N–H and O–H groups in total. The minimum atomic E-state index is -3.13. The predicted molar refractivity (Wildman–Crippen MR) is 106 cm³/mol. The van der Waals surface area contributed by atoms with Crippen molar-refractivity contribution < 1.29 is 8.42 Å². The van der Waals surface area contributed by atoms with E-state index in [1.807, 2.05) is 24.3 Å². The van der Waals surface area contributed by atoms with E-state index in [1.165, 1.54) is 0 Å². The van der Waals surface area contributed by atoms with Gasteiger partial charge in [-0.15, -0.1) is 0 Å². The minimum Gasteiger partial charge on any atom is -0.382 e. The molecule has 26 heavy (non-hydrogen) atoms. The smallest absolute Gasteiger partial charge is 0.211 e. The Kier molecular flexibility index (Phi) is 5.43. The second-order valence-corrected chi connectivity index (χ2v) is 8.35. The van der Waals surface area contributed by atoms with E-state index >= 15 is 0 Å². The van der Waals surface area contributed by atoms with Gasteiger partial charge in [-0.2, -0.15) is 0 Å². The number of hydrogen-bond donors (Lipinski definition) is 2. The molecule has 0 amide bonds. The van der Waals surface area contributed by atoms with E-state index in [-0.39, 0.29) is 5.75 Å². The Morgan fingerprint density at radius 3 is 2.65 bits per heavy atom. The van der Waals surface area contributed by atoms with E-state index in [4.69, 9.17) is 10.7 Å². The van der Waals surface area contributed by atoms with Gasteiger partial charge in [0.05, 0.1) is 16.8 Å².